The molecule has 0 aliphatic rings. The number of rotatable bonds is 2. The van der Waals surface area contributed by atoms with Gasteiger partial charge in [0.05, 0.1) is 4.88 Å². The average Bonchev–Trinajstić information content (AvgIpc) is 2.69. The highest BCUT2D eigenvalue weighted by Gasteiger charge is 2.07. The minimum absolute atomic E-state index is 0.168. The molecule has 1 N–H and O–H groups in total. The molecular weight excluding hydrogens is 200 g/mol. The zero-order valence-corrected chi connectivity index (χ0v) is 8.30. The zero-order chi connectivity index (χ0) is 9.97. The molecular formula is C9H8N2O2S. The monoisotopic (exact) mass is 208 g/mol. The molecule has 4 nitrogen and oxygen atoms in total. The lowest BCUT2D eigenvalue weighted by Crippen LogP contribution is -2.04. The lowest BCUT2D eigenvalue weighted by atomic mass is 10.3. The summed E-state index contributed by atoms with van der Waals surface area (Å²) < 4.78 is 4.92. The Balaban J connectivity index is 2.22. The molecule has 0 unspecified atom stereocenters. The van der Waals surface area contributed by atoms with E-state index in [4.69, 9.17) is 4.52 Å². The van der Waals surface area contributed by atoms with Crippen LogP contribution >= 0.6 is 11.3 Å². The smallest absolute Gasteiger partial charge is 0.231 e. The van der Waals surface area contributed by atoms with Gasteiger partial charge in [-0.25, -0.2) is 0 Å². The summed E-state index contributed by atoms with van der Waals surface area (Å²) in [5.74, 6) is 0.208. The Morgan fingerprint density at radius 2 is 2.50 bits per heavy atom. The third-order valence-electron chi connectivity index (χ3n) is 1.58. The van der Waals surface area contributed by atoms with Crippen LogP contribution in [0.4, 0.5) is 5.88 Å². The van der Waals surface area contributed by atoms with Gasteiger partial charge in [0, 0.05) is 13.0 Å². The first-order valence-electron chi connectivity index (χ1n) is 4.04. The van der Waals surface area contributed by atoms with E-state index in [1.165, 1.54) is 6.92 Å². The van der Waals surface area contributed by atoms with Crippen molar-refractivity contribution >= 4 is 23.1 Å². The third kappa shape index (κ3) is 1.82. The van der Waals surface area contributed by atoms with E-state index >= 15 is 0 Å². The first-order chi connectivity index (χ1) is 6.75. The second kappa shape index (κ2) is 3.63. The standard InChI is InChI=1S/C9H8N2O2S/c1-6(12)10-9-5-7(11-13-9)8-3-2-4-14-8/h2-5H,1H3,(H,10,12). The molecule has 0 spiro atoms. The van der Waals surface area contributed by atoms with E-state index in [1.54, 1.807) is 17.4 Å². The van der Waals surface area contributed by atoms with Gasteiger partial charge in [0.25, 0.3) is 0 Å². The average molecular weight is 208 g/mol. The fourth-order valence-electron chi connectivity index (χ4n) is 1.05. The van der Waals surface area contributed by atoms with Gasteiger partial charge in [0.1, 0.15) is 5.69 Å². The molecule has 72 valence electrons. The molecule has 0 radical (unpaired) electrons. The van der Waals surface area contributed by atoms with Crippen LogP contribution in [0.15, 0.2) is 28.1 Å². The number of nitrogens with one attached hydrogen (secondary N) is 1. The second-order valence-corrected chi connectivity index (χ2v) is 3.68. The van der Waals surface area contributed by atoms with Gasteiger partial charge in [0.15, 0.2) is 0 Å². The Bertz CT molecular complexity index is 433. The fraction of sp³-hybridized carbons (Fsp3) is 0.111. The Morgan fingerprint density at radius 3 is 3.14 bits per heavy atom. The topological polar surface area (TPSA) is 55.1 Å². The summed E-state index contributed by atoms with van der Waals surface area (Å²) in [7, 11) is 0. The minimum Gasteiger partial charge on any atom is -0.338 e. The van der Waals surface area contributed by atoms with E-state index in [2.05, 4.69) is 10.5 Å². The van der Waals surface area contributed by atoms with Crippen LogP contribution in [0.2, 0.25) is 0 Å². The Hall–Kier alpha value is -1.62. The molecule has 5 heteroatoms. The largest absolute Gasteiger partial charge is 0.338 e. The SMILES string of the molecule is CC(=O)Nc1cc(-c2cccs2)no1. The van der Waals surface area contributed by atoms with Crippen molar-refractivity contribution in [3.63, 3.8) is 0 Å². The number of thiophene rings is 1. The molecule has 2 aromatic heterocycles. The molecule has 0 bridgehead atoms. The van der Waals surface area contributed by atoms with Crippen LogP contribution in [0, 0.1) is 0 Å². The summed E-state index contributed by atoms with van der Waals surface area (Å²) in [5, 5.41) is 8.32. The van der Waals surface area contributed by atoms with Crippen LogP contribution in [-0.4, -0.2) is 11.1 Å². The quantitative estimate of drug-likeness (QED) is 0.824. The lowest BCUT2D eigenvalue weighted by Gasteiger charge is -1.90. The van der Waals surface area contributed by atoms with Gasteiger partial charge in [-0.15, -0.1) is 11.3 Å². The Labute approximate surface area is 84.5 Å². The molecule has 2 rings (SSSR count). The molecule has 2 heterocycles. The molecule has 14 heavy (non-hydrogen) atoms. The van der Waals surface area contributed by atoms with Crippen molar-refractivity contribution in [2.24, 2.45) is 0 Å². The molecule has 0 atom stereocenters. The molecule has 1 amide bonds. The lowest BCUT2D eigenvalue weighted by molar-refractivity contribution is -0.114. The molecule has 0 fully saturated rings. The van der Waals surface area contributed by atoms with Crippen LogP contribution in [0.5, 0.6) is 0 Å². The number of hydrogen-bond donors (Lipinski definition) is 1. The highest BCUT2D eigenvalue weighted by molar-refractivity contribution is 7.13. The van der Waals surface area contributed by atoms with Gasteiger partial charge in [-0.3, -0.25) is 10.1 Å². The van der Waals surface area contributed by atoms with Gasteiger partial charge < -0.3 is 4.52 Å². The molecule has 2 aromatic rings. The van der Waals surface area contributed by atoms with E-state index < -0.39 is 0 Å². The normalized spacial score (nSPS) is 10.1. The van der Waals surface area contributed by atoms with E-state index in [0.717, 1.165) is 10.6 Å². The van der Waals surface area contributed by atoms with E-state index in [1.807, 2.05) is 17.5 Å². The maximum absolute atomic E-state index is 10.7. The van der Waals surface area contributed by atoms with Gasteiger partial charge >= 0.3 is 0 Å². The molecule has 0 aliphatic heterocycles. The van der Waals surface area contributed by atoms with Gasteiger partial charge in [0.2, 0.25) is 11.8 Å². The number of anilines is 1. The third-order valence-corrected chi connectivity index (χ3v) is 2.48. The Kier molecular flexibility index (Phi) is 2.32. The number of carbonyl (C=O) groups is 1. The van der Waals surface area contributed by atoms with Crippen LogP contribution in [0.1, 0.15) is 6.92 Å². The van der Waals surface area contributed by atoms with Crippen molar-refractivity contribution in [2.45, 2.75) is 6.92 Å². The number of carbonyl (C=O) groups excluding carboxylic acids is 1. The van der Waals surface area contributed by atoms with Crippen molar-refractivity contribution in [1.82, 2.24) is 5.16 Å². The number of nitrogens with zero attached hydrogens (tertiary/aromatic N) is 1. The van der Waals surface area contributed by atoms with Crippen molar-refractivity contribution < 1.29 is 9.32 Å². The van der Waals surface area contributed by atoms with Gasteiger partial charge in [-0.2, -0.15) is 0 Å². The summed E-state index contributed by atoms with van der Waals surface area (Å²) in [4.78, 5) is 11.7. The van der Waals surface area contributed by atoms with Crippen LogP contribution < -0.4 is 5.32 Å². The maximum atomic E-state index is 10.7. The molecule has 0 saturated heterocycles. The second-order valence-electron chi connectivity index (χ2n) is 2.73. The first-order valence-corrected chi connectivity index (χ1v) is 4.92. The van der Waals surface area contributed by atoms with Gasteiger partial charge in [-0.1, -0.05) is 11.2 Å². The first kappa shape index (κ1) is 8.96. The van der Waals surface area contributed by atoms with Crippen LogP contribution in [0.3, 0.4) is 0 Å². The number of aromatic nitrogens is 1. The highest BCUT2D eigenvalue weighted by atomic mass is 32.1. The van der Waals surface area contributed by atoms with E-state index in [-0.39, 0.29) is 5.91 Å². The van der Waals surface area contributed by atoms with E-state index in [9.17, 15) is 4.79 Å². The summed E-state index contributed by atoms with van der Waals surface area (Å²) >= 11 is 1.57. The van der Waals surface area contributed by atoms with Crippen LogP contribution in [-0.2, 0) is 4.79 Å². The Morgan fingerprint density at radius 1 is 1.64 bits per heavy atom. The molecule has 0 aromatic carbocycles. The fourth-order valence-corrected chi connectivity index (χ4v) is 1.73. The summed E-state index contributed by atoms with van der Waals surface area (Å²) in [6.45, 7) is 1.42. The van der Waals surface area contributed by atoms with E-state index in [0.29, 0.717) is 5.88 Å². The van der Waals surface area contributed by atoms with Crippen molar-refractivity contribution in [1.29, 1.82) is 0 Å². The minimum atomic E-state index is -0.168. The van der Waals surface area contributed by atoms with Gasteiger partial charge in [-0.05, 0) is 11.4 Å². The van der Waals surface area contributed by atoms with Crippen molar-refractivity contribution in [3.05, 3.63) is 23.6 Å². The maximum Gasteiger partial charge on any atom is 0.231 e. The summed E-state index contributed by atoms with van der Waals surface area (Å²) in [6, 6.07) is 5.58. The predicted molar refractivity (Wildman–Crippen MR) is 54.1 cm³/mol. The van der Waals surface area contributed by atoms with Crippen molar-refractivity contribution in [3.8, 4) is 10.6 Å². The highest BCUT2D eigenvalue weighted by Crippen LogP contribution is 2.25. The summed E-state index contributed by atoms with van der Waals surface area (Å²) in [5.41, 5.74) is 0.740. The molecule has 0 aliphatic carbocycles. The number of amides is 1. The number of hydrogen-bond acceptors (Lipinski definition) is 4. The molecule has 0 saturated carbocycles. The summed E-state index contributed by atoms with van der Waals surface area (Å²) in [6.07, 6.45) is 0. The predicted octanol–water partition coefficient (Wildman–Crippen LogP) is 2.36. The zero-order valence-electron chi connectivity index (χ0n) is 7.48. The van der Waals surface area contributed by atoms with Crippen molar-refractivity contribution in [2.75, 3.05) is 5.32 Å². The van der Waals surface area contributed by atoms with Crippen LogP contribution in [0.25, 0.3) is 10.6 Å².